The molecule has 0 saturated carbocycles. The van der Waals surface area contributed by atoms with Crippen LogP contribution in [0.4, 0.5) is 0 Å². The molecule has 3 aromatic carbocycles. The van der Waals surface area contributed by atoms with E-state index >= 15 is 0 Å². The number of para-hydroxylation sites is 1. The molecule has 0 aliphatic carbocycles. The fourth-order valence-corrected chi connectivity index (χ4v) is 4.36. The summed E-state index contributed by atoms with van der Waals surface area (Å²) in [6.07, 6.45) is 2.18. The van der Waals surface area contributed by atoms with Crippen LogP contribution in [0.5, 0.6) is 11.5 Å². The molecule has 1 aliphatic rings. The van der Waals surface area contributed by atoms with Crippen molar-refractivity contribution in [3.8, 4) is 11.5 Å². The van der Waals surface area contributed by atoms with Crippen LogP contribution in [-0.4, -0.2) is 11.4 Å². The lowest BCUT2D eigenvalue weighted by molar-refractivity contribution is 0.174. The van der Waals surface area contributed by atoms with Crippen molar-refractivity contribution in [2.75, 3.05) is 6.79 Å². The molecule has 2 heterocycles. The van der Waals surface area contributed by atoms with Gasteiger partial charge in [-0.2, -0.15) is 0 Å². The smallest absolute Gasteiger partial charge is 0.231 e. The Hall–Kier alpha value is -2.66. The third kappa shape index (κ3) is 3.74. The molecule has 0 atom stereocenters. The summed E-state index contributed by atoms with van der Waals surface area (Å²) in [5.74, 6) is 1.61. The molecule has 30 heavy (non-hydrogen) atoms. The minimum atomic E-state index is 0.293. The largest absolute Gasteiger partial charge is 0.454 e. The van der Waals surface area contributed by atoms with Crippen LogP contribution < -0.4 is 14.8 Å². The number of rotatable bonds is 6. The molecule has 1 aliphatic heterocycles. The first-order valence-corrected chi connectivity index (χ1v) is 10.5. The molecule has 4 aromatic rings. The predicted octanol–water partition coefficient (Wildman–Crippen LogP) is 6.01. The van der Waals surface area contributed by atoms with Gasteiger partial charge in [0.25, 0.3) is 0 Å². The summed E-state index contributed by atoms with van der Waals surface area (Å²) >= 11 is 12.8. The van der Waals surface area contributed by atoms with E-state index in [4.69, 9.17) is 32.7 Å². The van der Waals surface area contributed by atoms with Gasteiger partial charge in [-0.15, -0.1) is 0 Å². The highest BCUT2D eigenvalue weighted by molar-refractivity contribution is 6.36. The van der Waals surface area contributed by atoms with E-state index in [-0.39, 0.29) is 0 Å². The number of halogens is 2. The van der Waals surface area contributed by atoms with Crippen LogP contribution in [0, 0.1) is 0 Å². The van der Waals surface area contributed by atoms with E-state index in [0.717, 1.165) is 41.2 Å². The van der Waals surface area contributed by atoms with Gasteiger partial charge in [0, 0.05) is 45.8 Å². The van der Waals surface area contributed by atoms with Gasteiger partial charge in [-0.1, -0.05) is 53.5 Å². The second-order valence-electron chi connectivity index (χ2n) is 7.29. The predicted molar refractivity (Wildman–Crippen MR) is 121 cm³/mol. The number of fused-ring (bicyclic) bond motifs is 2. The second-order valence-corrected chi connectivity index (χ2v) is 8.11. The summed E-state index contributed by atoms with van der Waals surface area (Å²) in [4.78, 5) is 0. The van der Waals surface area contributed by atoms with Gasteiger partial charge >= 0.3 is 0 Å². The number of hydrogen-bond acceptors (Lipinski definition) is 3. The number of nitrogens with zero attached hydrogens (tertiary/aromatic N) is 1. The van der Waals surface area contributed by atoms with Gasteiger partial charge in [0.2, 0.25) is 6.79 Å². The molecule has 0 fully saturated rings. The third-order valence-corrected chi connectivity index (χ3v) is 6.05. The Morgan fingerprint density at radius 3 is 2.53 bits per heavy atom. The summed E-state index contributed by atoms with van der Waals surface area (Å²) in [5, 5.41) is 6.13. The maximum absolute atomic E-state index is 6.40. The van der Waals surface area contributed by atoms with Gasteiger partial charge in [0.05, 0.1) is 6.54 Å². The molecular formula is C24H20Cl2N2O2. The number of benzene rings is 3. The first-order valence-electron chi connectivity index (χ1n) is 9.78. The number of aromatic nitrogens is 1. The minimum absolute atomic E-state index is 0.293. The standard InChI is InChI=1S/C24H20Cl2N2O2/c25-20-5-3-6-21(26)19(20)14-28-13-17(18-4-1-2-7-22(18)28)12-27-11-16-8-9-23-24(10-16)30-15-29-23/h1-10,13,27H,11-12,14-15H2. The van der Waals surface area contributed by atoms with Crippen molar-refractivity contribution in [1.82, 2.24) is 9.88 Å². The molecule has 0 amide bonds. The number of ether oxygens (including phenoxy) is 2. The van der Waals surface area contributed by atoms with Crippen molar-refractivity contribution in [3.63, 3.8) is 0 Å². The van der Waals surface area contributed by atoms with Crippen molar-refractivity contribution in [1.29, 1.82) is 0 Å². The van der Waals surface area contributed by atoms with Crippen molar-refractivity contribution in [3.05, 3.63) is 93.6 Å². The molecule has 0 saturated heterocycles. The molecule has 0 unspecified atom stereocenters. The molecule has 0 radical (unpaired) electrons. The Morgan fingerprint density at radius 1 is 0.867 bits per heavy atom. The van der Waals surface area contributed by atoms with Crippen LogP contribution in [-0.2, 0) is 19.6 Å². The highest BCUT2D eigenvalue weighted by Gasteiger charge is 2.14. The Morgan fingerprint density at radius 2 is 1.67 bits per heavy atom. The lowest BCUT2D eigenvalue weighted by atomic mass is 10.1. The van der Waals surface area contributed by atoms with Gasteiger partial charge in [0.1, 0.15) is 0 Å². The molecule has 6 heteroatoms. The van der Waals surface area contributed by atoms with Gasteiger partial charge < -0.3 is 19.4 Å². The Bertz CT molecular complexity index is 1200. The second kappa shape index (κ2) is 8.23. The molecule has 0 spiro atoms. The first-order chi connectivity index (χ1) is 14.7. The minimum Gasteiger partial charge on any atom is -0.454 e. The molecular weight excluding hydrogens is 419 g/mol. The summed E-state index contributed by atoms with van der Waals surface area (Å²) in [5.41, 5.74) is 4.48. The van der Waals surface area contributed by atoms with E-state index in [1.807, 2.05) is 30.3 Å². The maximum atomic E-state index is 6.40. The number of hydrogen-bond donors (Lipinski definition) is 1. The van der Waals surface area contributed by atoms with Crippen LogP contribution in [0.15, 0.2) is 66.9 Å². The van der Waals surface area contributed by atoms with Crippen molar-refractivity contribution >= 4 is 34.1 Å². The zero-order valence-corrected chi connectivity index (χ0v) is 17.7. The van der Waals surface area contributed by atoms with Crippen LogP contribution in [0.2, 0.25) is 10.0 Å². The molecule has 5 rings (SSSR count). The topological polar surface area (TPSA) is 35.4 Å². The molecule has 0 bridgehead atoms. The van der Waals surface area contributed by atoms with Crippen LogP contribution in [0.25, 0.3) is 10.9 Å². The van der Waals surface area contributed by atoms with Gasteiger partial charge in [-0.25, -0.2) is 0 Å². The SMILES string of the molecule is Clc1cccc(Cl)c1Cn1cc(CNCc2ccc3c(c2)OCO3)c2ccccc21. The summed E-state index contributed by atoms with van der Waals surface area (Å²) in [7, 11) is 0. The van der Waals surface area contributed by atoms with E-state index in [9.17, 15) is 0 Å². The average Bonchev–Trinajstić information content (AvgIpc) is 3.35. The summed E-state index contributed by atoms with van der Waals surface area (Å²) < 4.78 is 13.1. The molecule has 1 aromatic heterocycles. The highest BCUT2D eigenvalue weighted by Crippen LogP contribution is 2.32. The number of nitrogens with one attached hydrogen (secondary N) is 1. The molecule has 1 N–H and O–H groups in total. The maximum Gasteiger partial charge on any atom is 0.231 e. The molecule has 152 valence electrons. The summed E-state index contributed by atoms with van der Waals surface area (Å²) in [6, 6.07) is 20.1. The lowest BCUT2D eigenvalue weighted by Crippen LogP contribution is -2.12. The van der Waals surface area contributed by atoms with Gasteiger partial charge in [-0.05, 0) is 41.5 Å². The van der Waals surface area contributed by atoms with E-state index in [1.165, 1.54) is 10.9 Å². The lowest BCUT2D eigenvalue weighted by Gasteiger charge is -2.09. The normalized spacial score (nSPS) is 12.6. The van der Waals surface area contributed by atoms with Gasteiger partial charge in [0.15, 0.2) is 11.5 Å². The van der Waals surface area contributed by atoms with Crippen LogP contribution >= 0.6 is 23.2 Å². The van der Waals surface area contributed by atoms with Crippen molar-refractivity contribution < 1.29 is 9.47 Å². The summed E-state index contributed by atoms with van der Waals surface area (Å²) in [6.45, 7) is 2.41. The first kappa shape index (κ1) is 19.3. The van der Waals surface area contributed by atoms with E-state index in [2.05, 4.69) is 46.4 Å². The van der Waals surface area contributed by atoms with E-state index < -0.39 is 0 Å². The highest BCUT2D eigenvalue weighted by atomic mass is 35.5. The van der Waals surface area contributed by atoms with Crippen LogP contribution in [0.3, 0.4) is 0 Å². The monoisotopic (exact) mass is 438 g/mol. The zero-order chi connectivity index (χ0) is 20.5. The fraction of sp³-hybridized carbons (Fsp3) is 0.167. The van der Waals surface area contributed by atoms with E-state index in [0.29, 0.717) is 23.4 Å². The van der Waals surface area contributed by atoms with E-state index in [1.54, 1.807) is 0 Å². The van der Waals surface area contributed by atoms with Crippen molar-refractivity contribution in [2.45, 2.75) is 19.6 Å². The third-order valence-electron chi connectivity index (χ3n) is 5.34. The Labute approximate surface area is 184 Å². The quantitative estimate of drug-likeness (QED) is 0.399. The average molecular weight is 439 g/mol. The van der Waals surface area contributed by atoms with Crippen LogP contribution in [0.1, 0.15) is 16.7 Å². The Balaban J connectivity index is 1.36. The zero-order valence-electron chi connectivity index (χ0n) is 16.2. The van der Waals surface area contributed by atoms with Crippen molar-refractivity contribution in [2.24, 2.45) is 0 Å². The van der Waals surface area contributed by atoms with Gasteiger partial charge in [-0.3, -0.25) is 0 Å². The molecule has 4 nitrogen and oxygen atoms in total. The Kier molecular flexibility index (Phi) is 5.30. The fourth-order valence-electron chi connectivity index (χ4n) is 3.84.